The topological polar surface area (TPSA) is 141 Å². The average molecular weight is 598 g/mol. The Morgan fingerprint density at radius 3 is 2.58 bits per heavy atom. The Bertz CT molecular complexity index is 1170. The van der Waals surface area contributed by atoms with Crippen molar-refractivity contribution in [3.05, 3.63) is 47.9 Å². The van der Waals surface area contributed by atoms with Crippen LogP contribution in [0.4, 0.5) is 0 Å². The van der Waals surface area contributed by atoms with E-state index in [-0.39, 0.29) is 28.9 Å². The number of H-pyrrole nitrogens is 1. The molecule has 0 unspecified atom stereocenters. The summed E-state index contributed by atoms with van der Waals surface area (Å²) in [5.41, 5.74) is 2.72. The van der Waals surface area contributed by atoms with E-state index in [1.807, 2.05) is 30.5 Å². The minimum absolute atomic E-state index is 0. The van der Waals surface area contributed by atoms with Crippen molar-refractivity contribution in [1.29, 1.82) is 0 Å². The van der Waals surface area contributed by atoms with Crippen LogP contribution in [-0.4, -0.2) is 102 Å². The zero-order valence-electron chi connectivity index (χ0n) is 23.1. The maximum Gasteiger partial charge on any atom is 0.328 e. The first kappa shape index (κ1) is 31.7. The van der Waals surface area contributed by atoms with Crippen LogP contribution in [0.15, 0.2) is 36.7 Å². The van der Waals surface area contributed by atoms with Crippen LogP contribution in [0.1, 0.15) is 24.1 Å². The summed E-state index contributed by atoms with van der Waals surface area (Å²) in [7, 11) is 1.32. The fraction of sp³-hybridized carbons (Fsp3) is 0.556. The van der Waals surface area contributed by atoms with Gasteiger partial charge in [-0.3, -0.25) is 9.69 Å². The molecule has 4 rings (SSSR count). The largest absolute Gasteiger partial charge is 0.467 e. The van der Waals surface area contributed by atoms with Crippen molar-refractivity contribution >= 4 is 22.8 Å². The zero-order chi connectivity index (χ0) is 27.3. The second-order valence-corrected chi connectivity index (χ2v) is 9.85. The Balaban J connectivity index is 0.00000441. The van der Waals surface area contributed by atoms with Gasteiger partial charge in [-0.05, 0) is 50.7 Å². The van der Waals surface area contributed by atoms with Crippen LogP contribution in [-0.2, 0) is 50.3 Å². The molecule has 1 fully saturated rings. The van der Waals surface area contributed by atoms with E-state index in [1.165, 1.54) is 11.8 Å². The van der Waals surface area contributed by atoms with E-state index in [4.69, 9.17) is 4.74 Å². The minimum Gasteiger partial charge on any atom is -0.467 e. The first-order valence-electron chi connectivity index (χ1n) is 13.8. The van der Waals surface area contributed by atoms with Crippen molar-refractivity contribution in [2.24, 2.45) is 0 Å². The second kappa shape index (κ2) is 17.1. The molecule has 1 saturated heterocycles. The number of aromatic amines is 1. The molecule has 1 aliphatic heterocycles. The van der Waals surface area contributed by atoms with E-state index in [0.717, 1.165) is 87.4 Å². The molecule has 1 aromatic carbocycles. The molecule has 13 heteroatoms. The molecule has 0 aliphatic carbocycles. The van der Waals surface area contributed by atoms with Crippen LogP contribution < -0.4 is 21.3 Å². The molecule has 1 amide bonds. The number of benzene rings is 1. The van der Waals surface area contributed by atoms with Crippen LogP contribution in [0.5, 0.6) is 0 Å². The van der Waals surface area contributed by atoms with Gasteiger partial charge in [0.05, 0.1) is 19.0 Å². The molecule has 222 valence electrons. The smallest absolute Gasteiger partial charge is 0.328 e. The quantitative estimate of drug-likeness (QED) is 0.179. The molecule has 1 atom stereocenters. The third-order valence-corrected chi connectivity index (χ3v) is 6.82. The first-order chi connectivity index (χ1) is 19.1. The van der Waals surface area contributed by atoms with Gasteiger partial charge in [-0.15, -0.1) is 5.10 Å². The molecule has 0 saturated carbocycles. The maximum absolute atomic E-state index is 12.9. The van der Waals surface area contributed by atoms with Gasteiger partial charge in [0.25, 0.3) is 0 Å². The number of nitrogens with zero attached hydrogens (tertiary/aromatic N) is 4. The standard InChI is InChI=1S/C27H41N9O3.Ni/c1-39-27(38)25(16-21-17-31-24-7-3-2-6-23(21)24)32-26(37)20-36-19-22(33-34-36)18-35-14-5-10-29-12-11-28-8-4-9-30-13-15-35;/h2-3,6-7,17,19,25,28-31H,4-5,8-16,18,20H2,1H3,(H,32,37);/t25-;/m0./s1. The number of rotatable bonds is 8. The number of hydrogen-bond donors (Lipinski definition) is 5. The molecule has 12 nitrogen and oxygen atoms in total. The molecule has 3 aromatic rings. The first-order valence-corrected chi connectivity index (χ1v) is 13.8. The predicted octanol–water partition coefficient (Wildman–Crippen LogP) is 0.0220. The summed E-state index contributed by atoms with van der Waals surface area (Å²) in [4.78, 5) is 30.9. The van der Waals surface area contributed by atoms with Crippen LogP contribution in [0.3, 0.4) is 0 Å². The Kier molecular flexibility index (Phi) is 13.5. The van der Waals surface area contributed by atoms with E-state index >= 15 is 0 Å². The molecular weight excluding hydrogens is 557 g/mol. The van der Waals surface area contributed by atoms with Gasteiger partial charge in [-0.25, -0.2) is 9.48 Å². The number of methoxy groups -OCH3 is 1. The number of ether oxygens (including phenoxy) is 1. The van der Waals surface area contributed by atoms with Crippen molar-refractivity contribution in [3.63, 3.8) is 0 Å². The van der Waals surface area contributed by atoms with Crippen LogP contribution >= 0.6 is 0 Å². The summed E-state index contributed by atoms with van der Waals surface area (Å²) < 4.78 is 6.48. The van der Waals surface area contributed by atoms with Crippen molar-refractivity contribution in [2.45, 2.75) is 38.4 Å². The Morgan fingerprint density at radius 2 is 1.77 bits per heavy atom. The molecule has 5 N–H and O–H groups in total. The summed E-state index contributed by atoms with van der Waals surface area (Å²) in [5, 5.41) is 22.7. The fourth-order valence-corrected chi connectivity index (χ4v) is 4.79. The molecular formula is C27H41N9NiO3. The Morgan fingerprint density at radius 1 is 1.02 bits per heavy atom. The minimum atomic E-state index is -0.808. The SMILES string of the molecule is COC(=O)[C@H](Cc1c[nH]c2ccccc12)NC(=O)Cn1cc(CN2CCCNCCNCCCNCC2)nn1.[Ni]. The monoisotopic (exact) mass is 597 g/mol. The van der Waals surface area contributed by atoms with E-state index in [2.05, 4.69) is 41.5 Å². The number of esters is 1. The number of hydrogen-bond acceptors (Lipinski definition) is 9. The molecule has 40 heavy (non-hydrogen) atoms. The summed E-state index contributed by atoms with van der Waals surface area (Å²) in [6.45, 7) is 8.36. The number of nitrogens with one attached hydrogen (secondary N) is 5. The van der Waals surface area contributed by atoms with Crippen molar-refractivity contribution in [2.75, 3.05) is 59.5 Å². The summed E-state index contributed by atoms with van der Waals surface area (Å²) in [5.74, 6) is -0.821. The summed E-state index contributed by atoms with van der Waals surface area (Å²) in [6, 6.07) is 7.04. The Hall–Kier alpha value is -2.83. The molecule has 1 aliphatic rings. The van der Waals surface area contributed by atoms with Crippen molar-refractivity contribution in [3.8, 4) is 0 Å². The fourth-order valence-electron chi connectivity index (χ4n) is 4.79. The van der Waals surface area contributed by atoms with Gasteiger partial charge in [0.2, 0.25) is 5.91 Å². The van der Waals surface area contributed by atoms with Gasteiger partial charge in [0.15, 0.2) is 0 Å². The van der Waals surface area contributed by atoms with Gasteiger partial charge >= 0.3 is 5.97 Å². The summed E-state index contributed by atoms with van der Waals surface area (Å²) >= 11 is 0. The normalized spacial score (nSPS) is 16.9. The molecule has 2 aromatic heterocycles. The number of fused-ring (bicyclic) bond motifs is 1. The van der Waals surface area contributed by atoms with Gasteiger partial charge in [0.1, 0.15) is 12.6 Å². The van der Waals surface area contributed by atoms with E-state index in [9.17, 15) is 9.59 Å². The summed E-state index contributed by atoms with van der Waals surface area (Å²) in [6.07, 6.45) is 6.13. The average Bonchev–Trinajstić information content (AvgIpc) is 3.56. The van der Waals surface area contributed by atoms with E-state index in [1.54, 1.807) is 6.20 Å². The molecule has 0 bridgehead atoms. The van der Waals surface area contributed by atoms with Crippen LogP contribution in [0.2, 0.25) is 0 Å². The Labute approximate surface area is 245 Å². The van der Waals surface area contributed by atoms with Crippen molar-refractivity contribution in [1.82, 2.24) is 46.1 Å². The van der Waals surface area contributed by atoms with Gasteiger partial charge in [-0.2, -0.15) is 0 Å². The maximum atomic E-state index is 12.9. The van der Waals surface area contributed by atoms with Gasteiger partial charge < -0.3 is 31.0 Å². The number of amides is 1. The number of aromatic nitrogens is 4. The number of carbonyl (C=O) groups is 2. The van der Waals surface area contributed by atoms with E-state index < -0.39 is 12.0 Å². The second-order valence-electron chi connectivity index (χ2n) is 9.85. The van der Waals surface area contributed by atoms with Crippen LogP contribution in [0, 0.1) is 0 Å². The van der Waals surface area contributed by atoms with E-state index in [0.29, 0.717) is 13.0 Å². The number of para-hydroxylation sites is 1. The zero-order valence-corrected chi connectivity index (χ0v) is 24.1. The predicted molar refractivity (Wildman–Crippen MR) is 149 cm³/mol. The molecule has 3 heterocycles. The van der Waals surface area contributed by atoms with Gasteiger partial charge in [0, 0.05) is 72.7 Å². The van der Waals surface area contributed by atoms with Gasteiger partial charge in [-0.1, -0.05) is 23.4 Å². The third kappa shape index (κ3) is 9.97. The van der Waals surface area contributed by atoms with Crippen molar-refractivity contribution < 1.29 is 30.8 Å². The number of carbonyl (C=O) groups excluding carboxylic acids is 2. The molecule has 0 radical (unpaired) electrons. The molecule has 0 spiro atoms. The van der Waals surface area contributed by atoms with Crippen LogP contribution in [0.25, 0.3) is 10.9 Å². The third-order valence-electron chi connectivity index (χ3n) is 6.82.